The maximum atomic E-state index is 10.1. The molecule has 1 heterocycles. The molecule has 0 saturated carbocycles. The van der Waals surface area contributed by atoms with Gasteiger partial charge in [0.2, 0.25) is 0 Å². The Labute approximate surface area is 182 Å². The summed E-state index contributed by atoms with van der Waals surface area (Å²) in [7, 11) is 1.56. The molecule has 0 atom stereocenters. The number of pyridine rings is 1. The van der Waals surface area contributed by atoms with Crippen LogP contribution < -0.4 is 15.4 Å². The van der Waals surface area contributed by atoms with E-state index in [1.807, 2.05) is 30.5 Å². The fraction of sp³-hybridized carbons (Fsp3) is 0.192. The number of fused-ring (bicyclic) bond motifs is 1. The monoisotopic (exact) mass is 413 g/mol. The number of phenolic OH excluding ortho intramolecular Hbond substituents is 1. The summed E-state index contributed by atoms with van der Waals surface area (Å²) in [5.74, 6) is 0.703. The van der Waals surface area contributed by atoms with E-state index in [2.05, 4.69) is 58.1 Å². The first-order chi connectivity index (χ1) is 15.3. The molecule has 5 nitrogen and oxygen atoms in total. The Morgan fingerprint density at radius 3 is 2.61 bits per heavy atom. The van der Waals surface area contributed by atoms with Crippen LogP contribution in [0.2, 0.25) is 0 Å². The molecule has 0 aliphatic carbocycles. The SMILES string of the molecule is COc1cccc(CNCCCNc2ccnc3cc(-c4ccccc4)ccc23)c1O. The van der Waals surface area contributed by atoms with Crippen LogP contribution in [0.1, 0.15) is 12.0 Å². The predicted molar refractivity (Wildman–Crippen MR) is 127 cm³/mol. The average Bonchev–Trinajstić information content (AvgIpc) is 2.82. The van der Waals surface area contributed by atoms with Gasteiger partial charge in [0, 0.05) is 35.9 Å². The number of ether oxygens (including phenoxy) is 1. The molecular weight excluding hydrogens is 386 g/mol. The molecular formula is C26H27N3O2. The molecule has 0 aliphatic heterocycles. The Morgan fingerprint density at radius 1 is 0.903 bits per heavy atom. The Hall–Kier alpha value is -3.57. The largest absolute Gasteiger partial charge is 0.504 e. The molecule has 5 heteroatoms. The minimum Gasteiger partial charge on any atom is -0.504 e. The van der Waals surface area contributed by atoms with Crippen molar-refractivity contribution in [2.75, 3.05) is 25.5 Å². The van der Waals surface area contributed by atoms with Crippen molar-refractivity contribution in [3.05, 3.63) is 84.6 Å². The van der Waals surface area contributed by atoms with Crippen molar-refractivity contribution >= 4 is 16.6 Å². The fourth-order valence-corrected chi connectivity index (χ4v) is 3.65. The molecule has 0 amide bonds. The van der Waals surface area contributed by atoms with Crippen molar-refractivity contribution in [1.82, 2.24) is 10.3 Å². The first kappa shape index (κ1) is 20.7. The Morgan fingerprint density at radius 2 is 1.77 bits per heavy atom. The van der Waals surface area contributed by atoms with Crippen LogP contribution in [0, 0.1) is 0 Å². The van der Waals surface area contributed by atoms with Crippen molar-refractivity contribution in [3.8, 4) is 22.6 Å². The third-order valence-corrected chi connectivity index (χ3v) is 5.31. The minimum atomic E-state index is 0.203. The lowest BCUT2D eigenvalue weighted by molar-refractivity contribution is 0.369. The summed E-state index contributed by atoms with van der Waals surface area (Å²) in [5.41, 5.74) is 5.27. The summed E-state index contributed by atoms with van der Waals surface area (Å²) >= 11 is 0. The van der Waals surface area contributed by atoms with Crippen molar-refractivity contribution < 1.29 is 9.84 Å². The summed E-state index contributed by atoms with van der Waals surface area (Å²) in [6.07, 6.45) is 2.81. The molecule has 1 aromatic heterocycles. The number of nitrogens with zero attached hydrogens (tertiary/aromatic N) is 1. The number of hydrogen-bond donors (Lipinski definition) is 3. The number of phenols is 1. The van der Waals surface area contributed by atoms with E-state index in [-0.39, 0.29) is 5.75 Å². The average molecular weight is 414 g/mol. The minimum absolute atomic E-state index is 0.203. The lowest BCUT2D eigenvalue weighted by Crippen LogP contribution is -2.17. The number of rotatable bonds is 9. The summed E-state index contributed by atoms with van der Waals surface area (Å²) in [5, 5.41) is 18.2. The molecule has 3 N–H and O–H groups in total. The highest BCUT2D eigenvalue weighted by Crippen LogP contribution is 2.29. The Balaban J connectivity index is 1.31. The number of nitrogens with one attached hydrogen (secondary N) is 2. The topological polar surface area (TPSA) is 66.4 Å². The lowest BCUT2D eigenvalue weighted by Gasteiger charge is -2.12. The third-order valence-electron chi connectivity index (χ3n) is 5.31. The van der Waals surface area contributed by atoms with Gasteiger partial charge in [0.15, 0.2) is 11.5 Å². The molecule has 3 aromatic carbocycles. The van der Waals surface area contributed by atoms with Crippen molar-refractivity contribution in [2.24, 2.45) is 0 Å². The fourth-order valence-electron chi connectivity index (χ4n) is 3.65. The second-order valence-corrected chi connectivity index (χ2v) is 7.38. The van der Waals surface area contributed by atoms with Gasteiger partial charge in [0.05, 0.1) is 12.6 Å². The Bertz CT molecular complexity index is 1150. The highest BCUT2D eigenvalue weighted by molar-refractivity contribution is 5.93. The molecule has 4 aromatic rings. The van der Waals surface area contributed by atoms with Crippen molar-refractivity contribution in [1.29, 1.82) is 0 Å². The summed E-state index contributed by atoms with van der Waals surface area (Å²) in [6, 6.07) is 24.3. The van der Waals surface area contributed by atoms with E-state index in [1.165, 1.54) is 11.1 Å². The Kier molecular flexibility index (Phi) is 6.65. The van der Waals surface area contributed by atoms with Gasteiger partial charge in [0.1, 0.15) is 0 Å². The first-order valence-corrected chi connectivity index (χ1v) is 10.5. The number of methoxy groups -OCH3 is 1. The number of aromatic nitrogens is 1. The zero-order valence-electron chi connectivity index (χ0n) is 17.6. The zero-order chi connectivity index (χ0) is 21.5. The molecule has 0 saturated heterocycles. The standard InChI is InChI=1S/C26H27N3O2/c1-31-25-10-5-9-21(26(25)30)18-27-14-6-15-28-23-13-16-29-24-17-20(11-12-22(23)24)19-7-3-2-4-8-19/h2-5,7-13,16-17,27,30H,6,14-15,18H2,1H3,(H,28,29). The van der Waals surface area contributed by atoms with E-state index in [0.717, 1.165) is 41.7 Å². The maximum Gasteiger partial charge on any atom is 0.162 e. The quantitative estimate of drug-likeness (QED) is 0.329. The van der Waals surface area contributed by atoms with E-state index >= 15 is 0 Å². The predicted octanol–water partition coefficient (Wildman–Crippen LogP) is 5.21. The van der Waals surface area contributed by atoms with Crippen molar-refractivity contribution in [2.45, 2.75) is 13.0 Å². The van der Waals surface area contributed by atoms with E-state index in [4.69, 9.17) is 4.74 Å². The maximum absolute atomic E-state index is 10.1. The van der Waals surface area contributed by atoms with Gasteiger partial charge in [-0.1, -0.05) is 54.6 Å². The van der Waals surface area contributed by atoms with Crippen LogP contribution in [-0.2, 0) is 6.54 Å². The van der Waals surface area contributed by atoms with Crippen LogP contribution in [0.4, 0.5) is 5.69 Å². The normalized spacial score (nSPS) is 10.9. The number of aromatic hydroxyl groups is 1. The van der Waals surface area contributed by atoms with Crippen LogP contribution in [0.25, 0.3) is 22.0 Å². The second-order valence-electron chi connectivity index (χ2n) is 7.38. The van der Waals surface area contributed by atoms with E-state index < -0.39 is 0 Å². The number of anilines is 1. The van der Waals surface area contributed by atoms with Gasteiger partial charge in [0.25, 0.3) is 0 Å². The molecule has 0 radical (unpaired) electrons. The van der Waals surface area contributed by atoms with Crippen LogP contribution >= 0.6 is 0 Å². The molecule has 0 unspecified atom stereocenters. The van der Waals surface area contributed by atoms with Gasteiger partial charge >= 0.3 is 0 Å². The van der Waals surface area contributed by atoms with E-state index in [0.29, 0.717) is 12.3 Å². The third kappa shape index (κ3) is 4.95. The van der Waals surface area contributed by atoms with E-state index in [9.17, 15) is 5.11 Å². The zero-order valence-corrected chi connectivity index (χ0v) is 17.6. The molecule has 0 spiro atoms. The van der Waals surface area contributed by atoms with Crippen LogP contribution in [0.5, 0.6) is 11.5 Å². The summed E-state index contributed by atoms with van der Waals surface area (Å²) in [4.78, 5) is 4.56. The molecule has 31 heavy (non-hydrogen) atoms. The molecule has 158 valence electrons. The molecule has 0 bridgehead atoms. The lowest BCUT2D eigenvalue weighted by atomic mass is 10.0. The highest BCUT2D eigenvalue weighted by atomic mass is 16.5. The van der Waals surface area contributed by atoms with Gasteiger partial charge in [-0.25, -0.2) is 0 Å². The van der Waals surface area contributed by atoms with Gasteiger partial charge in [-0.3, -0.25) is 4.98 Å². The van der Waals surface area contributed by atoms with Crippen molar-refractivity contribution in [3.63, 3.8) is 0 Å². The van der Waals surface area contributed by atoms with Gasteiger partial charge in [-0.2, -0.15) is 0 Å². The number of para-hydroxylation sites is 1. The second kappa shape index (κ2) is 9.96. The van der Waals surface area contributed by atoms with Gasteiger partial charge in [-0.15, -0.1) is 0 Å². The van der Waals surface area contributed by atoms with Crippen LogP contribution in [0.15, 0.2) is 79.0 Å². The van der Waals surface area contributed by atoms with Gasteiger partial charge in [-0.05, 0) is 42.3 Å². The van der Waals surface area contributed by atoms with Gasteiger partial charge < -0.3 is 20.5 Å². The summed E-state index contributed by atoms with van der Waals surface area (Å²) in [6.45, 7) is 2.28. The van der Waals surface area contributed by atoms with Crippen LogP contribution in [-0.4, -0.2) is 30.3 Å². The molecule has 0 aliphatic rings. The first-order valence-electron chi connectivity index (χ1n) is 10.5. The highest BCUT2D eigenvalue weighted by Gasteiger charge is 2.07. The number of hydrogen-bond acceptors (Lipinski definition) is 5. The molecule has 4 rings (SSSR count). The smallest absolute Gasteiger partial charge is 0.162 e. The summed E-state index contributed by atoms with van der Waals surface area (Å²) < 4.78 is 5.15. The molecule has 0 fully saturated rings. The number of benzene rings is 3. The van der Waals surface area contributed by atoms with Crippen LogP contribution in [0.3, 0.4) is 0 Å². The van der Waals surface area contributed by atoms with E-state index in [1.54, 1.807) is 13.2 Å².